The van der Waals surface area contributed by atoms with Crippen molar-refractivity contribution in [3.05, 3.63) is 0 Å². The Balaban J connectivity index is 2.27. The van der Waals surface area contributed by atoms with Gasteiger partial charge in [0.15, 0.2) is 0 Å². The highest BCUT2D eigenvalue weighted by Crippen LogP contribution is 2.02. The molecule has 1 aliphatic rings. The summed E-state index contributed by atoms with van der Waals surface area (Å²) in [5, 5.41) is 12.4. The SMILES string of the molecule is CC(O)CN(C)C(=O)CC1COCCN1. The van der Waals surface area contributed by atoms with Gasteiger partial charge in [-0.2, -0.15) is 0 Å². The molecule has 0 aromatic carbocycles. The number of amides is 1. The van der Waals surface area contributed by atoms with E-state index in [2.05, 4.69) is 5.32 Å². The molecule has 5 heteroatoms. The fourth-order valence-electron chi connectivity index (χ4n) is 1.62. The van der Waals surface area contributed by atoms with Crippen molar-refractivity contribution in [2.45, 2.75) is 25.5 Å². The van der Waals surface area contributed by atoms with Crippen molar-refractivity contribution in [1.82, 2.24) is 10.2 Å². The molecule has 0 bridgehead atoms. The van der Waals surface area contributed by atoms with Gasteiger partial charge < -0.3 is 20.1 Å². The van der Waals surface area contributed by atoms with Gasteiger partial charge in [0.25, 0.3) is 0 Å². The minimum Gasteiger partial charge on any atom is -0.392 e. The third kappa shape index (κ3) is 4.59. The lowest BCUT2D eigenvalue weighted by molar-refractivity contribution is -0.132. The lowest BCUT2D eigenvalue weighted by Crippen LogP contribution is -2.45. The first kappa shape index (κ1) is 12.4. The van der Waals surface area contributed by atoms with Crippen LogP contribution in [0.15, 0.2) is 0 Å². The summed E-state index contributed by atoms with van der Waals surface area (Å²) in [4.78, 5) is 13.2. The van der Waals surface area contributed by atoms with E-state index in [4.69, 9.17) is 9.84 Å². The first-order valence-electron chi connectivity index (χ1n) is 5.32. The number of likely N-dealkylation sites (N-methyl/N-ethyl adjacent to an activating group) is 1. The van der Waals surface area contributed by atoms with Gasteiger partial charge in [0.1, 0.15) is 0 Å². The Morgan fingerprint density at radius 1 is 1.73 bits per heavy atom. The summed E-state index contributed by atoms with van der Waals surface area (Å²) in [5.41, 5.74) is 0. The molecule has 2 N–H and O–H groups in total. The summed E-state index contributed by atoms with van der Waals surface area (Å²) >= 11 is 0. The van der Waals surface area contributed by atoms with Crippen molar-refractivity contribution in [1.29, 1.82) is 0 Å². The van der Waals surface area contributed by atoms with E-state index < -0.39 is 6.10 Å². The number of aliphatic hydroxyl groups is 1. The Kier molecular flexibility index (Phi) is 5.01. The Bertz CT molecular complexity index is 203. The second kappa shape index (κ2) is 6.05. The number of hydrogen-bond donors (Lipinski definition) is 2. The van der Waals surface area contributed by atoms with Gasteiger partial charge in [-0.05, 0) is 6.92 Å². The van der Waals surface area contributed by atoms with Crippen LogP contribution in [0, 0.1) is 0 Å². The third-order valence-corrected chi connectivity index (χ3v) is 2.38. The number of carbonyl (C=O) groups excluding carboxylic acids is 1. The van der Waals surface area contributed by atoms with Gasteiger partial charge in [-0.3, -0.25) is 4.79 Å². The monoisotopic (exact) mass is 216 g/mol. The number of nitrogens with zero attached hydrogens (tertiary/aromatic N) is 1. The van der Waals surface area contributed by atoms with E-state index in [1.807, 2.05) is 0 Å². The summed E-state index contributed by atoms with van der Waals surface area (Å²) in [6.07, 6.45) is -0.0436. The molecule has 1 amide bonds. The van der Waals surface area contributed by atoms with E-state index >= 15 is 0 Å². The molecule has 0 radical (unpaired) electrons. The molecule has 1 heterocycles. The van der Waals surface area contributed by atoms with Gasteiger partial charge in [-0.1, -0.05) is 0 Å². The molecule has 2 atom stereocenters. The molecule has 0 aliphatic carbocycles. The van der Waals surface area contributed by atoms with Crippen LogP contribution in [0.1, 0.15) is 13.3 Å². The molecule has 0 spiro atoms. The normalized spacial score (nSPS) is 23.5. The lowest BCUT2D eigenvalue weighted by Gasteiger charge is -2.26. The van der Waals surface area contributed by atoms with Crippen molar-refractivity contribution < 1.29 is 14.6 Å². The average Bonchev–Trinajstić information content (AvgIpc) is 2.18. The molecule has 88 valence electrons. The van der Waals surface area contributed by atoms with Crippen LogP contribution in [0.3, 0.4) is 0 Å². The molecule has 0 saturated carbocycles. The molecule has 1 aliphatic heterocycles. The largest absolute Gasteiger partial charge is 0.392 e. The zero-order valence-electron chi connectivity index (χ0n) is 9.40. The van der Waals surface area contributed by atoms with Crippen LogP contribution in [-0.4, -0.2) is 61.4 Å². The van der Waals surface area contributed by atoms with E-state index in [1.54, 1.807) is 18.9 Å². The molecule has 0 aromatic rings. The molecule has 1 fully saturated rings. The second-order valence-corrected chi connectivity index (χ2v) is 4.05. The summed E-state index contributed by atoms with van der Waals surface area (Å²) < 4.78 is 5.26. The van der Waals surface area contributed by atoms with Crippen LogP contribution in [0.4, 0.5) is 0 Å². The van der Waals surface area contributed by atoms with Crippen LogP contribution in [0.5, 0.6) is 0 Å². The van der Waals surface area contributed by atoms with E-state index in [0.717, 1.165) is 6.54 Å². The summed E-state index contributed by atoms with van der Waals surface area (Å²) in [6.45, 7) is 4.17. The predicted octanol–water partition coefficient (Wildman–Crippen LogP) is -0.796. The van der Waals surface area contributed by atoms with E-state index in [0.29, 0.717) is 26.2 Å². The smallest absolute Gasteiger partial charge is 0.224 e. The van der Waals surface area contributed by atoms with Gasteiger partial charge in [-0.15, -0.1) is 0 Å². The highest BCUT2D eigenvalue weighted by molar-refractivity contribution is 5.76. The standard InChI is InChI=1S/C10H20N2O3/c1-8(13)6-12(2)10(14)5-9-7-15-4-3-11-9/h8-9,11,13H,3-7H2,1-2H3. The average molecular weight is 216 g/mol. The third-order valence-electron chi connectivity index (χ3n) is 2.38. The first-order chi connectivity index (χ1) is 7.09. The van der Waals surface area contributed by atoms with Crippen LogP contribution in [0.2, 0.25) is 0 Å². The minimum absolute atomic E-state index is 0.0406. The fourth-order valence-corrected chi connectivity index (χ4v) is 1.62. The summed E-state index contributed by atoms with van der Waals surface area (Å²) in [6, 6.07) is 0.114. The number of aliphatic hydroxyl groups excluding tert-OH is 1. The van der Waals surface area contributed by atoms with Crippen molar-refractivity contribution in [2.24, 2.45) is 0 Å². The van der Waals surface area contributed by atoms with Crippen LogP contribution >= 0.6 is 0 Å². The maximum Gasteiger partial charge on any atom is 0.224 e. The lowest BCUT2D eigenvalue weighted by atomic mass is 10.2. The van der Waals surface area contributed by atoms with Crippen LogP contribution in [-0.2, 0) is 9.53 Å². The molecule has 5 nitrogen and oxygen atoms in total. The minimum atomic E-state index is -0.477. The van der Waals surface area contributed by atoms with Crippen LogP contribution < -0.4 is 5.32 Å². The van der Waals surface area contributed by atoms with Crippen molar-refractivity contribution in [3.8, 4) is 0 Å². The Morgan fingerprint density at radius 3 is 3.00 bits per heavy atom. The Morgan fingerprint density at radius 2 is 2.47 bits per heavy atom. The van der Waals surface area contributed by atoms with Gasteiger partial charge in [-0.25, -0.2) is 0 Å². The molecule has 0 aromatic heterocycles. The van der Waals surface area contributed by atoms with E-state index in [1.165, 1.54) is 0 Å². The quantitative estimate of drug-likeness (QED) is 0.646. The van der Waals surface area contributed by atoms with E-state index in [9.17, 15) is 4.79 Å². The topological polar surface area (TPSA) is 61.8 Å². The Labute approximate surface area is 90.4 Å². The number of ether oxygens (including phenoxy) is 1. The summed E-state index contributed by atoms with van der Waals surface area (Å²) in [5.74, 6) is 0.0406. The second-order valence-electron chi connectivity index (χ2n) is 4.05. The summed E-state index contributed by atoms with van der Waals surface area (Å²) in [7, 11) is 1.71. The van der Waals surface area contributed by atoms with Crippen molar-refractivity contribution >= 4 is 5.91 Å². The number of morpholine rings is 1. The maximum absolute atomic E-state index is 11.7. The number of carbonyl (C=O) groups is 1. The highest BCUT2D eigenvalue weighted by atomic mass is 16.5. The van der Waals surface area contributed by atoms with Gasteiger partial charge in [0.05, 0.1) is 19.3 Å². The van der Waals surface area contributed by atoms with Crippen molar-refractivity contribution in [3.63, 3.8) is 0 Å². The number of hydrogen-bond acceptors (Lipinski definition) is 4. The number of rotatable bonds is 4. The highest BCUT2D eigenvalue weighted by Gasteiger charge is 2.19. The molecular weight excluding hydrogens is 196 g/mol. The number of nitrogens with one attached hydrogen (secondary N) is 1. The molecule has 2 unspecified atom stereocenters. The zero-order chi connectivity index (χ0) is 11.3. The zero-order valence-corrected chi connectivity index (χ0v) is 9.40. The van der Waals surface area contributed by atoms with E-state index in [-0.39, 0.29) is 11.9 Å². The molecular formula is C10H20N2O3. The molecule has 1 rings (SSSR count). The molecule has 15 heavy (non-hydrogen) atoms. The van der Waals surface area contributed by atoms with Gasteiger partial charge >= 0.3 is 0 Å². The van der Waals surface area contributed by atoms with Gasteiger partial charge in [0.2, 0.25) is 5.91 Å². The van der Waals surface area contributed by atoms with Crippen molar-refractivity contribution in [2.75, 3.05) is 33.4 Å². The maximum atomic E-state index is 11.7. The molecule has 1 saturated heterocycles. The van der Waals surface area contributed by atoms with Crippen LogP contribution in [0.25, 0.3) is 0 Å². The fraction of sp³-hybridized carbons (Fsp3) is 0.900. The first-order valence-corrected chi connectivity index (χ1v) is 5.32. The Hall–Kier alpha value is -0.650. The van der Waals surface area contributed by atoms with Gasteiger partial charge in [0, 0.05) is 32.6 Å². The predicted molar refractivity (Wildman–Crippen MR) is 56.5 cm³/mol.